The smallest absolute Gasteiger partial charge is 0.0979 e. The lowest BCUT2D eigenvalue weighted by molar-refractivity contribution is 1.18. The van der Waals surface area contributed by atoms with Gasteiger partial charge in [-0.1, -0.05) is 188 Å². The van der Waals surface area contributed by atoms with Crippen LogP contribution in [0.4, 0.5) is 0 Å². The normalized spacial score (nSPS) is 11.6. The van der Waals surface area contributed by atoms with E-state index in [4.69, 9.17) is 9.97 Å². The Labute approximate surface area is 353 Å². The van der Waals surface area contributed by atoms with Crippen molar-refractivity contribution in [1.82, 2.24) is 14.5 Å². The van der Waals surface area contributed by atoms with Crippen molar-refractivity contribution in [2.24, 2.45) is 0 Å². The van der Waals surface area contributed by atoms with Gasteiger partial charge >= 0.3 is 0 Å². The van der Waals surface area contributed by atoms with Crippen molar-refractivity contribution < 1.29 is 0 Å². The van der Waals surface area contributed by atoms with Gasteiger partial charge in [-0.15, -0.1) is 0 Å². The predicted molar refractivity (Wildman–Crippen MR) is 256 cm³/mol. The summed E-state index contributed by atoms with van der Waals surface area (Å²) in [5.41, 5.74) is 16.9. The Morgan fingerprint density at radius 3 is 1.28 bits per heavy atom. The molecule has 12 aromatic rings. The Morgan fingerprint density at radius 2 is 0.689 bits per heavy atom. The van der Waals surface area contributed by atoms with Gasteiger partial charge in [0.2, 0.25) is 0 Å². The van der Waals surface area contributed by atoms with E-state index in [1.807, 2.05) is 6.20 Å². The van der Waals surface area contributed by atoms with Gasteiger partial charge in [-0.05, 0) is 85.6 Å². The molecule has 12 rings (SSSR count). The molecule has 284 valence electrons. The number of nitrogens with zero attached hydrogens (tertiary/aromatic N) is 3. The Morgan fingerprint density at radius 1 is 0.279 bits per heavy atom. The third-order valence-electron chi connectivity index (χ3n) is 12.3. The minimum Gasteiger partial charge on any atom is -0.309 e. The molecule has 61 heavy (non-hydrogen) atoms. The molecule has 10 aromatic carbocycles. The molecule has 0 saturated heterocycles. The lowest BCUT2D eigenvalue weighted by Gasteiger charge is -2.11. The van der Waals surface area contributed by atoms with E-state index in [0.717, 1.165) is 44.3 Å². The highest BCUT2D eigenvalue weighted by atomic mass is 15.0. The van der Waals surface area contributed by atoms with Crippen LogP contribution in [0.5, 0.6) is 0 Å². The Bertz CT molecular complexity index is 3550. The van der Waals surface area contributed by atoms with Crippen LogP contribution in [-0.4, -0.2) is 14.5 Å². The van der Waals surface area contributed by atoms with E-state index in [0.29, 0.717) is 0 Å². The summed E-state index contributed by atoms with van der Waals surface area (Å²) in [4.78, 5) is 10.1. The largest absolute Gasteiger partial charge is 0.309 e. The van der Waals surface area contributed by atoms with Gasteiger partial charge in [-0.2, -0.15) is 0 Å². The zero-order valence-corrected chi connectivity index (χ0v) is 33.2. The number of rotatable bonds is 6. The topological polar surface area (TPSA) is 30.7 Å². The van der Waals surface area contributed by atoms with Crippen LogP contribution >= 0.6 is 0 Å². The second-order valence-electron chi connectivity index (χ2n) is 15.8. The average molecular weight is 776 g/mol. The second kappa shape index (κ2) is 14.3. The van der Waals surface area contributed by atoms with E-state index in [-0.39, 0.29) is 0 Å². The first-order valence-electron chi connectivity index (χ1n) is 20.8. The molecule has 0 fully saturated rings. The molecule has 0 aliphatic rings. The standard InChI is InChI=1S/C58H37N3/c1-2-10-38(11-3-1)43-30-33-47(34-31-43)61-55-17-9-8-14-50(55)53-36-46(32-35-56(53)61)44-24-22-41(23-25-44)39-18-20-40(21-19-39)42-26-28-45(29-27-42)54-37-59-57-51-15-6-4-12-48(51)49-13-5-7-16-52(49)58(57)60-54/h1-37H. The molecule has 0 bridgehead atoms. The molecule has 0 N–H and O–H groups in total. The lowest BCUT2D eigenvalue weighted by Crippen LogP contribution is -1.93. The summed E-state index contributed by atoms with van der Waals surface area (Å²) < 4.78 is 2.38. The quantitative estimate of drug-likeness (QED) is 0.158. The molecule has 0 amide bonds. The monoisotopic (exact) mass is 775 g/mol. The van der Waals surface area contributed by atoms with Gasteiger partial charge in [-0.25, -0.2) is 4.98 Å². The number of benzene rings is 10. The molecule has 3 nitrogen and oxygen atoms in total. The number of fused-ring (bicyclic) bond motifs is 9. The van der Waals surface area contributed by atoms with Crippen molar-refractivity contribution in [2.45, 2.75) is 0 Å². The molecule has 0 saturated carbocycles. The van der Waals surface area contributed by atoms with E-state index in [1.54, 1.807) is 0 Å². The first-order valence-corrected chi connectivity index (χ1v) is 20.8. The van der Waals surface area contributed by atoms with E-state index in [9.17, 15) is 0 Å². The molecule has 0 spiro atoms. The van der Waals surface area contributed by atoms with Crippen molar-refractivity contribution in [3.63, 3.8) is 0 Å². The fourth-order valence-corrected chi connectivity index (χ4v) is 9.17. The van der Waals surface area contributed by atoms with Crippen molar-refractivity contribution in [3.8, 4) is 61.5 Å². The maximum atomic E-state index is 5.18. The summed E-state index contributed by atoms with van der Waals surface area (Å²) in [6.07, 6.45) is 1.91. The average Bonchev–Trinajstić information content (AvgIpc) is 3.68. The Balaban J connectivity index is 0.798. The highest BCUT2D eigenvalue weighted by Gasteiger charge is 2.15. The molecule has 0 aliphatic carbocycles. The summed E-state index contributed by atoms with van der Waals surface area (Å²) in [6, 6.07) is 78.5. The van der Waals surface area contributed by atoms with Gasteiger partial charge in [0.15, 0.2) is 0 Å². The van der Waals surface area contributed by atoms with E-state index >= 15 is 0 Å². The van der Waals surface area contributed by atoms with Crippen LogP contribution in [0.3, 0.4) is 0 Å². The summed E-state index contributed by atoms with van der Waals surface area (Å²) in [7, 11) is 0. The Kier molecular flexibility index (Phi) is 8.17. The number of hydrogen-bond acceptors (Lipinski definition) is 2. The molecular formula is C58H37N3. The fraction of sp³-hybridized carbons (Fsp3) is 0. The predicted octanol–water partition coefficient (Wildman–Crippen LogP) is 15.4. The Hall–Kier alpha value is -8.14. The lowest BCUT2D eigenvalue weighted by atomic mass is 9.97. The number of para-hydroxylation sites is 1. The SMILES string of the molecule is c1ccc(-c2ccc(-n3c4ccccc4c4cc(-c5ccc(-c6ccc(-c7ccc(-c8cnc9c%10ccccc%10c%10ccccc%10c9n8)cc7)cc6)cc5)ccc43)cc2)cc1. The summed E-state index contributed by atoms with van der Waals surface area (Å²) >= 11 is 0. The molecule has 0 unspecified atom stereocenters. The van der Waals surface area contributed by atoms with E-state index < -0.39 is 0 Å². The number of hydrogen-bond donors (Lipinski definition) is 0. The second-order valence-corrected chi connectivity index (χ2v) is 15.8. The van der Waals surface area contributed by atoms with E-state index in [2.05, 4.69) is 223 Å². The number of aromatic nitrogens is 3. The van der Waals surface area contributed by atoms with Crippen molar-refractivity contribution in [3.05, 3.63) is 225 Å². The van der Waals surface area contributed by atoms with Gasteiger partial charge in [-0.3, -0.25) is 4.98 Å². The first kappa shape index (κ1) is 34.9. The molecular weight excluding hydrogens is 739 g/mol. The summed E-state index contributed by atoms with van der Waals surface area (Å²) in [5, 5.41) is 7.16. The third-order valence-corrected chi connectivity index (χ3v) is 12.3. The molecule has 2 aromatic heterocycles. The highest BCUT2D eigenvalue weighted by molar-refractivity contribution is 6.23. The van der Waals surface area contributed by atoms with Crippen LogP contribution in [0.1, 0.15) is 0 Å². The van der Waals surface area contributed by atoms with Crippen LogP contribution in [0.25, 0.3) is 116 Å². The van der Waals surface area contributed by atoms with Crippen molar-refractivity contribution in [2.75, 3.05) is 0 Å². The van der Waals surface area contributed by atoms with Gasteiger partial charge < -0.3 is 4.57 Å². The van der Waals surface area contributed by atoms with Gasteiger partial charge in [0.1, 0.15) is 0 Å². The van der Waals surface area contributed by atoms with Gasteiger partial charge in [0.25, 0.3) is 0 Å². The molecule has 0 atom stereocenters. The van der Waals surface area contributed by atoms with Crippen LogP contribution < -0.4 is 0 Å². The zero-order valence-electron chi connectivity index (χ0n) is 33.2. The highest BCUT2D eigenvalue weighted by Crippen LogP contribution is 2.37. The van der Waals surface area contributed by atoms with Crippen molar-refractivity contribution >= 4 is 54.4 Å². The maximum Gasteiger partial charge on any atom is 0.0979 e. The third kappa shape index (κ3) is 5.98. The van der Waals surface area contributed by atoms with E-state index in [1.165, 1.54) is 71.5 Å². The molecule has 2 heterocycles. The van der Waals surface area contributed by atoms with Crippen LogP contribution in [0.15, 0.2) is 225 Å². The molecule has 0 radical (unpaired) electrons. The van der Waals surface area contributed by atoms with Gasteiger partial charge in [0, 0.05) is 32.8 Å². The molecule has 0 aliphatic heterocycles. The zero-order chi connectivity index (χ0) is 40.3. The van der Waals surface area contributed by atoms with Crippen LogP contribution in [0, 0.1) is 0 Å². The fourth-order valence-electron chi connectivity index (χ4n) is 9.17. The van der Waals surface area contributed by atoms with Crippen LogP contribution in [0.2, 0.25) is 0 Å². The van der Waals surface area contributed by atoms with Crippen LogP contribution in [-0.2, 0) is 0 Å². The minimum absolute atomic E-state index is 0.870. The first-order chi connectivity index (χ1) is 30.2. The summed E-state index contributed by atoms with van der Waals surface area (Å²) in [5.74, 6) is 0. The van der Waals surface area contributed by atoms with Crippen molar-refractivity contribution in [1.29, 1.82) is 0 Å². The molecule has 3 heteroatoms. The summed E-state index contributed by atoms with van der Waals surface area (Å²) in [6.45, 7) is 0. The minimum atomic E-state index is 0.870. The van der Waals surface area contributed by atoms with Gasteiger partial charge in [0.05, 0.1) is 34.0 Å². The maximum absolute atomic E-state index is 5.18.